The third kappa shape index (κ3) is 7.75. The van der Waals surface area contributed by atoms with Crippen LogP contribution < -0.4 is 0 Å². The van der Waals surface area contributed by atoms with E-state index >= 15 is 0 Å². The second-order valence-electron chi connectivity index (χ2n) is 8.15. The third-order valence-electron chi connectivity index (χ3n) is 4.81. The molecule has 0 bridgehead atoms. The number of alkyl halides is 3. The Hall–Kier alpha value is -0.573. The number of aromatic nitrogens is 1. The summed E-state index contributed by atoms with van der Waals surface area (Å²) in [6.45, 7) is 12.5. The van der Waals surface area contributed by atoms with Crippen molar-refractivity contribution >= 4 is 36.9 Å². The number of nitrogens with zero attached hydrogens (tertiary/aromatic N) is 1. The number of carbonyl (C=O) groups excluding carboxylic acids is 1. The molecule has 0 aliphatic carbocycles. The van der Waals surface area contributed by atoms with E-state index in [0.717, 1.165) is 12.3 Å². The Kier molecular flexibility index (Phi) is 8.41. The van der Waals surface area contributed by atoms with Gasteiger partial charge in [0, 0.05) is 18.4 Å². The first kappa shape index (κ1) is 24.5. The van der Waals surface area contributed by atoms with Crippen molar-refractivity contribution in [1.82, 2.24) is 4.98 Å². The Bertz CT molecular complexity index is 633. The van der Waals surface area contributed by atoms with E-state index in [1.54, 1.807) is 0 Å². The molecule has 1 aromatic rings. The molecule has 0 spiro atoms. The van der Waals surface area contributed by atoms with Crippen molar-refractivity contribution in [2.75, 3.05) is 5.75 Å². The first-order chi connectivity index (χ1) is 12.1. The highest BCUT2D eigenvalue weighted by atomic mass is 35.5. The Morgan fingerprint density at radius 3 is 2.30 bits per heavy atom. The second kappa shape index (κ2) is 9.28. The van der Waals surface area contributed by atoms with E-state index in [1.807, 2.05) is 6.92 Å². The molecule has 9 heteroatoms. The minimum Gasteiger partial charge on any atom is -0.413 e. The number of hydrogen-bond acceptors (Lipinski definition) is 4. The maximum atomic E-state index is 12.6. The third-order valence-corrected chi connectivity index (χ3v) is 10.7. The number of rotatable bonds is 8. The van der Waals surface area contributed by atoms with Gasteiger partial charge in [0.05, 0.1) is 16.7 Å². The number of hydrogen-bond donors (Lipinski definition) is 0. The highest BCUT2D eigenvalue weighted by Crippen LogP contribution is 2.39. The van der Waals surface area contributed by atoms with E-state index in [0.29, 0.717) is 10.8 Å². The van der Waals surface area contributed by atoms with E-state index in [1.165, 1.54) is 17.8 Å². The first-order valence-electron chi connectivity index (χ1n) is 8.65. The zero-order chi connectivity index (χ0) is 21.0. The second-order valence-corrected chi connectivity index (χ2v) is 14.4. The molecule has 1 rings (SSSR count). The van der Waals surface area contributed by atoms with E-state index in [-0.39, 0.29) is 23.5 Å². The van der Waals surface area contributed by atoms with Gasteiger partial charge in [0.2, 0.25) is 5.24 Å². The molecule has 2 unspecified atom stereocenters. The topological polar surface area (TPSA) is 39.2 Å². The molecule has 0 saturated heterocycles. The minimum absolute atomic E-state index is 0.0115. The lowest BCUT2D eigenvalue weighted by Crippen LogP contribution is -2.46. The molecule has 27 heavy (non-hydrogen) atoms. The summed E-state index contributed by atoms with van der Waals surface area (Å²) < 4.78 is 44.2. The Balaban J connectivity index is 2.79. The van der Waals surface area contributed by atoms with E-state index in [4.69, 9.17) is 16.0 Å². The molecule has 0 aliphatic heterocycles. The van der Waals surface area contributed by atoms with Crippen LogP contribution in [0.5, 0.6) is 0 Å². The molecule has 0 aliphatic rings. The van der Waals surface area contributed by atoms with Crippen LogP contribution in [0.4, 0.5) is 13.2 Å². The van der Waals surface area contributed by atoms with Crippen LogP contribution in [0.2, 0.25) is 18.1 Å². The minimum atomic E-state index is -4.40. The Morgan fingerprint density at radius 1 is 1.30 bits per heavy atom. The molecule has 1 aromatic heterocycles. The van der Waals surface area contributed by atoms with Gasteiger partial charge >= 0.3 is 6.18 Å². The normalized spacial score (nSPS) is 15.5. The summed E-state index contributed by atoms with van der Waals surface area (Å²) in [6.07, 6.45) is -3.79. The molecule has 1 heterocycles. The summed E-state index contributed by atoms with van der Waals surface area (Å²) in [5.41, 5.74) is -0.772. The van der Waals surface area contributed by atoms with E-state index in [9.17, 15) is 18.0 Å². The summed E-state index contributed by atoms with van der Waals surface area (Å²) in [7, 11) is -2.10. The zero-order valence-electron chi connectivity index (χ0n) is 16.5. The SMILES string of the molecule is CC(CSc1ccc(C(F)(F)F)cn1)C(CC(=O)Cl)O[Si](C)(C)C(C)(C)C. The summed E-state index contributed by atoms with van der Waals surface area (Å²) in [6, 6.07) is 2.38. The lowest BCUT2D eigenvalue weighted by Gasteiger charge is -2.40. The van der Waals surface area contributed by atoms with Gasteiger partial charge in [-0.25, -0.2) is 4.98 Å². The fourth-order valence-electron chi connectivity index (χ4n) is 2.03. The first-order valence-corrected chi connectivity index (χ1v) is 12.9. The van der Waals surface area contributed by atoms with Crippen molar-refractivity contribution < 1.29 is 22.4 Å². The fourth-order valence-corrected chi connectivity index (χ4v) is 4.55. The summed E-state index contributed by atoms with van der Waals surface area (Å²) in [4.78, 5) is 15.3. The average molecular weight is 442 g/mol. The zero-order valence-corrected chi connectivity index (χ0v) is 19.1. The molecule has 2 atom stereocenters. The quantitative estimate of drug-likeness (QED) is 0.267. The summed E-state index contributed by atoms with van der Waals surface area (Å²) >= 11 is 6.95. The van der Waals surface area contributed by atoms with Gasteiger partial charge in [0.15, 0.2) is 8.32 Å². The lowest BCUT2D eigenvalue weighted by atomic mass is 10.1. The molecule has 0 N–H and O–H groups in total. The number of carbonyl (C=O) groups is 1. The highest BCUT2D eigenvalue weighted by molar-refractivity contribution is 7.99. The van der Waals surface area contributed by atoms with E-state index in [2.05, 4.69) is 38.8 Å². The van der Waals surface area contributed by atoms with Gasteiger partial charge in [-0.1, -0.05) is 27.7 Å². The van der Waals surface area contributed by atoms with Gasteiger partial charge < -0.3 is 4.43 Å². The van der Waals surface area contributed by atoms with Crippen molar-refractivity contribution in [3.63, 3.8) is 0 Å². The maximum Gasteiger partial charge on any atom is 0.417 e. The van der Waals surface area contributed by atoms with Crippen LogP contribution in [0.3, 0.4) is 0 Å². The van der Waals surface area contributed by atoms with Crippen LogP contribution >= 0.6 is 23.4 Å². The predicted octanol–water partition coefficient (Wildman–Crippen LogP) is 6.37. The molecule has 0 aromatic carbocycles. The van der Waals surface area contributed by atoms with Gasteiger partial charge in [-0.3, -0.25) is 4.79 Å². The summed E-state index contributed by atoms with van der Waals surface area (Å²) in [5, 5.41) is 0.0315. The van der Waals surface area contributed by atoms with Crippen molar-refractivity contribution in [3.05, 3.63) is 23.9 Å². The van der Waals surface area contributed by atoms with Gasteiger partial charge in [0.1, 0.15) is 0 Å². The van der Waals surface area contributed by atoms with Crippen LogP contribution in [0, 0.1) is 5.92 Å². The van der Waals surface area contributed by atoms with Crippen LogP contribution in [0.25, 0.3) is 0 Å². The molecule has 3 nitrogen and oxygen atoms in total. The maximum absolute atomic E-state index is 12.6. The predicted molar refractivity (Wildman–Crippen MR) is 107 cm³/mol. The van der Waals surface area contributed by atoms with Gasteiger partial charge in [-0.2, -0.15) is 13.2 Å². The average Bonchev–Trinajstić information content (AvgIpc) is 2.49. The molecule has 154 valence electrons. The molecule has 0 fully saturated rings. The Morgan fingerprint density at radius 2 is 1.89 bits per heavy atom. The fraction of sp³-hybridized carbons (Fsp3) is 0.667. The van der Waals surface area contributed by atoms with Crippen LogP contribution in [-0.2, 0) is 15.4 Å². The van der Waals surface area contributed by atoms with Crippen LogP contribution in [-0.4, -0.2) is 30.4 Å². The molecule has 0 saturated carbocycles. The Labute approximate surface area is 169 Å². The molecular weight excluding hydrogens is 415 g/mol. The van der Waals surface area contributed by atoms with Crippen LogP contribution in [0.15, 0.2) is 23.4 Å². The summed E-state index contributed by atoms with van der Waals surface area (Å²) in [5.74, 6) is 0.540. The van der Waals surface area contributed by atoms with Crippen molar-refractivity contribution in [3.8, 4) is 0 Å². The van der Waals surface area contributed by atoms with Gasteiger partial charge in [0.25, 0.3) is 0 Å². The highest BCUT2D eigenvalue weighted by Gasteiger charge is 2.40. The standard InChI is InChI=1S/C18H27ClF3NO2SSi/c1-12(11-26-16-8-7-13(10-23-16)18(20,21)22)14(9-15(19)24)25-27(5,6)17(2,3)4/h7-8,10,12,14H,9,11H2,1-6H3. The number of pyridine rings is 1. The number of thioether (sulfide) groups is 1. The lowest BCUT2D eigenvalue weighted by molar-refractivity contribution is -0.137. The number of halogens is 4. The largest absolute Gasteiger partial charge is 0.417 e. The van der Waals surface area contributed by atoms with Crippen LogP contribution in [0.1, 0.15) is 39.7 Å². The van der Waals surface area contributed by atoms with Gasteiger partial charge in [-0.05, 0) is 47.8 Å². The monoisotopic (exact) mass is 441 g/mol. The van der Waals surface area contributed by atoms with E-state index < -0.39 is 25.3 Å². The smallest absolute Gasteiger partial charge is 0.413 e. The van der Waals surface area contributed by atoms with Crippen molar-refractivity contribution in [1.29, 1.82) is 0 Å². The van der Waals surface area contributed by atoms with Crippen molar-refractivity contribution in [2.24, 2.45) is 5.92 Å². The van der Waals surface area contributed by atoms with Crippen molar-refractivity contribution in [2.45, 2.75) is 69.6 Å². The molecular formula is C18H27ClF3NO2SSi. The molecule has 0 amide bonds. The van der Waals surface area contributed by atoms with Gasteiger partial charge in [-0.15, -0.1) is 11.8 Å². The molecule has 0 radical (unpaired) electrons.